The number of hydrogen-bond donors (Lipinski definition) is 0. The molecule has 1 aromatic rings. The molecule has 1 radical (unpaired) electrons. The van der Waals surface area contributed by atoms with Gasteiger partial charge in [-0.1, -0.05) is 0 Å². The van der Waals surface area contributed by atoms with E-state index in [1.807, 2.05) is 0 Å². The Morgan fingerprint density at radius 3 is 3.22 bits per heavy atom. The fraction of sp³-hybridized carbons (Fsp3) is 0. The van der Waals surface area contributed by atoms with Crippen molar-refractivity contribution < 1.29 is 9.53 Å². The van der Waals surface area contributed by atoms with Crippen molar-refractivity contribution in [2.24, 2.45) is 0 Å². The maximum Gasteiger partial charge on any atom is 0.298 e. The lowest BCUT2D eigenvalue weighted by Gasteiger charge is -1.90. The van der Waals surface area contributed by atoms with Crippen LogP contribution < -0.4 is 4.74 Å². The third-order valence-electron chi connectivity index (χ3n) is 0.753. The van der Waals surface area contributed by atoms with Crippen LogP contribution in [0.4, 0.5) is 0 Å². The lowest BCUT2D eigenvalue weighted by molar-refractivity contribution is -0.120. The molecule has 45 valence electrons. The Morgan fingerprint density at radius 2 is 2.67 bits per heavy atom. The van der Waals surface area contributed by atoms with Gasteiger partial charge in [-0.15, -0.1) is 0 Å². The first-order valence-corrected chi connectivity index (χ1v) is 2.35. The van der Waals surface area contributed by atoms with Gasteiger partial charge >= 0.3 is 0 Å². The average molecular weight is 122 g/mol. The van der Waals surface area contributed by atoms with Crippen LogP contribution in [0.1, 0.15) is 0 Å². The van der Waals surface area contributed by atoms with Crippen molar-refractivity contribution in [3.63, 3.8) is 0 Å². The van der Waals surface area contributed by atoms with Gasteiger partial charge in [-0.25, -0.2) is 0 Å². The summed E-state index contributed by atoms with van der Waals surface area (Å²) < 4.78 is 4.41. The molecule has 1 aromatic heterocycles. The first-order valence-electron chi connectivity index (χ1n) is 2.35. The molecule has 0 aliphatic carbocycles. The summed E-state index contributed by atoms with van der Waals surface area (Å²) in [5.41, 5.74) is 0. The van der Waals surface area contributed by atoms with Crippen molar-refractivity contribution in [1.82, 2.24) is 4.98 Å². The molecule has 1 rings (SSSR count). The lowest BCUT2D eigenvalue weighted by Crippen LogP contribution is -1.87. The van der Waals surface area contributed by atoms with E-state index in [1.54, 1.807) is 12.3 Å². The topological polar surface area (TPSA) is 39.2 Å². The van der Waals surface area contributed by atoms with Crippen molar-refractivity contribution in [2.45, 2.75) is 0 Å². The van der Waals surface area contributed by atoms with E-state index in [0.29, 0.717) is 12.2 Å². The Hall–Kier alpha value is -1.38. The summed E-state index contributed by atoms with van der Waals surface area (Å²) >= 11 is 0. The highest BCUT2D eigenvalue weighted by Crippen LogP contribution is 2.02. The van der Waals surface area contributed by atoms with Crippen LogP contribution in [0.3, 0.4) is 0 Å². The summed E-state index contributed by atoms with van der Waals surface area (Å²) in [5.74, 6) is 0.340. The van der Waals surface area contributed by atoms with Crippen molar-refractivity contribution >= 4 is 6.47 Å². The number of carbonyl (C=O) groups excluding carboxylic acids is 1. The molecule has 1 heterocycles. The van der Waals surface area contributed by atoms with Crippen molar-refractivity contribution in [3.05, 3.63) is 24.5 Å². The van der Waals surface area contributed by atoms with Gasteiger partial charge in [0.05, 0.1) is 6.20 Å². The van der Waals surface area contributed by atoms with Crippen LogP contribution in [-0.2, 0) is 4.79 Å². The number of rotatable bonds is 2. The number of nitrogens with zero attached hydrogens (tertiary/aromatic N) is 1. The molecular formula is C6H4NO2. The van der Waals surface area contributed by atoms with E-state index in [-0.39, 0.29) is 0 Å². The van der Waals surface area contributed by atoms with Crippen LogP contribution in [0.25, 0.3) is 0 Å². The quantitative estimate of drug-likeness (QED) is 0.533. The van der Waals surface area contributed by atoms with Gasteiger partial charge in [-0.3, -0.25) is 9.78 Å². The predicted octanol–water partition coefficient (Wildman–Crippen LogP) is 0.417. The van der Waals surface area contributed by atoms with Gasteiger partial charge < -0.3 is 4.74 Å². The summed E-state index contributed by atoms with van der Waals surface area (Å²) in [7, 11) is 0. The second-order valence-electron chi connectivity index (χ2n) is 1.32. The van der Waals surface area contributed by atoms with Gasteiger partial charge in [0.1, 0.15) is 0 Å². The fourth-order valence-corrected chi connectivity index (χ4v) is 0.427. The van der Waals surface area contributed by atoms with Gasteiger partial charge in [0, 0.05) is 12.3 Å². The maximum absolute atomic E-state index is 9.70. The maximum atomic E-state index is 9.70. The Morgan fingerprint density at radius 1 is 1.78 bits per heavy atom. The molecule has 0 N–H and O–H groups in total. The molecule has 0 aromatic carbocycles. The van der Waals surface area contributed by atoms with Crippen molar-refractivity contribution in [1.29, 1.82) is 0 Å². The average Bonchev–Trinajstić information content (AvgIpc) is 1.91. The number of carbonyl (C=O) groups is 1. The van der Waals surface area contributed by atoms with Gasteiger partial charge in [0.15, 0.2) is 5.75 Å². The van der Waals surface area contributed by atoms with E-state index >= 15 is 0 Å². The molecule has 0 saturated heterocycles. The predicted molar refractivity (Wildman–Crippen MR) is 29.8 cm³/mol. The molecule has 0 aliphatic heterocycles. The largest absolute Gasteiger partial charge is 0.426 e. The van der Waals surface area contributed by atoms with Crippen LogP contribution in [0.2, 0.25) is 0 Å². The van der Waals surface area contributed by atoms with E-state index in [2.05, 4.69) is 15.8 Å². The van der Waals surface area contributed by atoms with Crippen LogP contribution in [-0.4, -0.2) is 11.5 Å². The molecular weight excluding hydrogens is 118 g/mol. The second-order valence-corrected chi connectivity index (χ2v) is 1.32. The smallest absolute Gasteiger partial charge is 0.298 e. The zero-order valence-corrected chi connectivity index (χ0v) is 4.57. The summed E-state index contributed by atoms with van der Waals surface area (Å²) in [5, 5.41) is 0. The van der Waals surface area contributed by atoms with Crippen LogP contribution in [0.5, 0.6) is 5.75 Å². The highest BCUT2D eigenvalue weighted by Gasteiger charge is 1.86. The molecule has 0 saturated carbocycles. The first-order chi connectivity index (χ1) is 4.43. The Balaban J connectivity index is 2.72. The molecule has 0 unspecified atom stereocenters. The summed E-state index contributed by atoms with van der Waals surface area (Å²) in [6, 6.07) is 4.22. The van der Waals surface area contributed by atoms with Crippen molar-refractivity contribution in [2.75, 3.05) is 0 Å². The van der Waals surface area contributed by atoms with Gasteiger partial charge in [-0.05, 0) is 6.07 Å². The number of hydrogen-bond acceptors (Lipinski definition) is 3. The normalized spacial score (nSPS) is 8.44. The van der Waals surface area contributed by atoms with E-state index in [9.17, 15) is 4.79 Å². The molecule has 0 bridgehead atoms. The molecule has 0 atom stereocenters. The second kappa shape index (κ2) is 2.81. The molecule has 3 heteroatoms. The van der Waals surface area contributed by atoms with Gasteiger partial charge in [-0.2, -0.15) is 0 Å². The summed E-state index contributed by atoms with van der Waals surface area (Å²) in [4.78, 5) is 13.4. The highest BCUT2D eigenvalue weighted by atomic mass is 16.5. The van der Waals surface area contributed by atoms with Crippen LogP contribution in [0.15, 0.2) is 18.5 Å². The fourth-order valence-electron chi connectivity index (χ4n) is 0.427. The van der Waals surface area contributed by atoms with Crippen LogP contribution >= 0.6 is 0 Å². The zero-order valence-electron chi connectivity index (χ0n) is 4.57. The number of ether oxygens (including phenoxy) is 1. The zero-order chi connectivity index (χ0) is 6.53. The van der Waals surface area contributed by atoms with Crippen LogP contribution in [0, 0.1) is 6.07 Å². The molecule has 0 amide bonds. The van der Waals surface area contributed by atoms with Crippen molar-refractivity contribution in [3.8, 4) is 5.75 Å². The highest BCUT2D eigenvalue weighted by molar-refractivity contribution is 5.43. The van der Waals surface area contributed by atoms with E-state index in [1.165, 1.54) is 6.20 Å². The third kappa shape index (κ3) is 1.53. The van der Waals surface area contributed by atoms with E-state index < -0.39 is 0 Å². The number of aromatic nitrogens is 1. The summed E-state index contributed by atoms with van der Waals surface area (Å²) in [6.45, 7) is 0.341. The Kier molecular flexibility index (Phi) is 1.80. The number of pyridine rings is 1. The SMILES string of the molecule is O=COc1[c]ccnc1. The van der Waals surface area contributed by atoms with E-state index in [0.717, 1.165) is 0 Å². The monoisotopic (exact) mass is 122 g/mol. The molecule has 9 heavy (non-hydrogen) atoms. The summed E-state index contributed by atoms with van der Waals surface area (Å²) in [6.07, 6.45) is 2.96. The first kappa shape index (κ1) is 5.75. The third-order valence-corrected chi connectivity index (χ3v) is 0.753. The lowest BCUT2D eigenvalue weighted by atomic mass is 10.5. The molecule has 0 aliphatic rings. The Labute approximate surface area is 52.3 Å². The van der Waals surface area contributed by atoms with Gasteiger partial charge in [0.25, 0.3) is 6.47 Å². The molecule has 0 spiro atoms. The standard InChI is InChI=1S/C6H4NO2/c8-5-9-6-2-1-3-7-4-6/h1,3-5H. The Bertz CT molecular complexity index is 186. The minimum absolute atomic E-state index is 0.340. The molecule has 0 fully saturated rings. The van der Waals surface area contributed by atoms with E-state index in [4.69, 9.17) is 0 Å². The molecule has 3 nitrogen and oxygen atoms in total. The minimum Gasteiger partial charge on any atom is -0.426 e. The van der Waals surface area contributed by atoms with Gasteiger partial charge in [0.2, 0.25) is 0 Å². The minimum atomic E-state index is 0.340.